The molecule has 23 heavy (non-hydrogen) atoms. The molecule has 126 valence electrons. The molecule has 0 saturated heterocycles. The van der Waals surface area contributed by atoms with Crippen LogP contribution in [0.25, 0.3) is 6.08 Å². The highest BCUT2D eigenvalue weighted by Gasteiger charge is 2.14. The van der Waals surface area contributed by atoms with E-state index in [2.05, 4.69) is 0 Å². The summed E-state index contributed by atoms with van der Waals surface area (Å²) in [6.45, 7) is 1.99. The van der Waals surface area contributed by atoms with E-state index in [9.17, 15) is 14.9 Å². The number of hydrogen-bond acceptors (Lipinski definition) is 4. The minimum Gasteiger partial charge on any atom is -0.492 e. The highest BCUT2D eigenvalue weighted by atomic mass is 35.5. The van der Waals surface area contributed by atoms with Crippen LogP contribution in [0.15, 0.2) is 17.8 Å². The van der Waals surface area contributed by atoms with E-state index >= 15 is 0 Å². The molecule has 0 aliphatic rings. The summed E-state index contributed by atoms with van der Waals surface area (Å²) in [5.74, 6) is -0.483. The van der Waals surface area contributed by atoms with Gasteiger partial charge in [-0.3, -0.25) is 14.9 Å². The number of carboxylic acids is 1. The largest absolute Gasteiger partial charge is 0.492 e. The van der Waals surface area contributed by atoms with Crippen LogP contribution in [0.2, 0.25) is 10.0 Å². The van der Waals surface area contributed by atoms with Gasteiger partial charge in [-0.05, 0) is 25.0 Å². The van der Waals surface area contributed by atoms with Crippen LogP contribution in [-0.4, -0.2) is 22.6 Å². The number of carboxylic acid groups (broad SMARTS) is 1. The molecule has 0 atom stereocenters. The van der Waals surface area contributed by atoms with Crippen molar-refractivity contribution in [2.24, 2.45) is 0 Å². The number of hydrogen-bond donors (Lipinski definition) is 1. The number of nitro groups is 1. The van der Waals surface area contributed by atoms with Gasteiger partial charge >= 0.3 is 5.97 Å². The molecule has 1 aromatic rings. The molecule has 1 rings (SSSR count). The van der Waals surface area contributed by atoms with Gasteiger partial charge in [0, 0.05) is 24.5 Å². The van der Waals surface area contributed by atoms with Crippen LogP contribution < -0.4 is 4.74 Å². The zero-order valence-electron chi connectivity index (χ0n) is 12.6. The first-order valence-electron chi connectivity index (χ1n) is 7.04. The van der Waals surface area contributed by atoms with Gasteiger partial charge in [0.15, 0.2) is 0 Å². The number of allylic oxidation sites excluding steroid dienone is 1. The monoisotopic (exact) mass is 361 g/mol. The van der Waals surface area contributed by atoms with Crippen molar-refractivity contribution in [2.75, 3.05) is 6.61 Å². The molecule has 1 aromatic carbocycles. The fraction of sp³-hybridized carbons (Fsp3) is 0.400. The zero-order chi connectivity index (χ0) is 17.4. The molecule has 0 radical (unpaired) electrons. The molecule has 0 aliphatic heterocycles. The van der Waals surface area contributed by atoms with Gasteiger partial charge < -0.3 is 9.84 Å². The predicted molar refractivity (Wildman–Crippen MR) is 88.7 cm³/mol. The van der Waals surface area contributed by atoms with Gasteiger partial charge in [-0.25, -0.2) is 0 Å². The Bertz CT molecular complexity index is 616. The fourth-order valence-electron chi connectivity index (χ4n) is 1.79. The van der Waals surface area contributed by atoms with Gasteiger partial charge in [-0.2, -0.15) is 0 Å². The second-order valence-corrected chi connectivity index (χ2v) is 5.48. The summed E-state index contributed by atoms with van der Waals surface area (Å²) >= 11 is 12.2. The van der Waals surface area contributed by atoms with Crippen molar-refractivity contribution in [2.45, 2.75) is 32.6 Å². The Labute approximate surface area is 143 Å². The minimum absolute atomic E-state index is 0.0327. The lowest BCUT2D eigenvalue weighted by Gasteiger charge is -2.10. The van der Waals surface area contributed by atoms with Crippen LogP contribution in [-0.2, 0) is 4.79 Å². The lowest BCUT2D eigenvalue weighted by molar-refractivity contribution is -0.425. The molecule has 0 amide bonds. The number of benzene rings is 1. The van der Waals surface area contributed by atoms with Crippen molar-refractivity contribution in [3.8, 4) is 5.75 Å². The molecule has 0 unspecified atom stereocenters. The summed E-state index contributed by atoms with van der Waals surface area (Å²) < 4.78 is 5.47. The molecular weight excluding hydrogens is 345 g/mol. The molecule has 1 N–H and O–H groups in total. The zero-order valence-corrected chi connectivity index (χ0v) is 14.1. The summed E-state index contributed by atoms with van der Waals surface area (Å²) in [7, 11) is 0. The summed E-state index contributed by atoms with van der Waals surface area (Å²) in [6.07, 6.45) is 2.81. The maximum Gasteiger partial charge on any atom is 0.303 e. The molecule has 0 saturated carbocycles. The van der Waals surface area contributed by atoms with Crippen LogP contribution in [0.3, 0.4) is 0 Å². The van der Waals surface area contributed by atoms with E-state index < -0.39 is 10.9 Å². The van der Waals surface area contributed by atoms with E-state index in [0.29, 0.717) is 30.8 Å². The number of carbonyl (C=O) groups is 1. The third-order valence-electron chi connectivity index (χ3n) is 3.04. The average molecular weight is 362 g/mol. The topological polar surface area (TPSA) is 89.7 Å². The van der Waals surface area contributed by atoms with Gasteiger partial charge in [0.25, 0.3) is 0 Å². The fourth-order valence-corrected chi connectivity index (χ4v) is 2.23. The number of halogens is 2. The number of nitrogens with zero attached hydrogens (tertiary/aromatic N) is 1. The third kappa shape index (κ3) is 6.08. The molecule has 6 nitrogen and oxygen atoms in total. The van der Waals surface area contributed by atoms with Crippen molar-refractivity contribution in [3.63, 3.8) is 0 Å². The van der Waals surface area contributed by atoms with E-state index in [-0.39, 0.29) is 28.6 Å². The van der Waals surface area contributed by atoms with Gasteiger partial charge in [0.1, 0.15) is 10.8 Å². The predicted octanol–water partition coefficient (Wildman–Crippen LogP) is 4.65. The average Bonchev–Trinajstić information content (AvgIpc) is 2.49. The van der Waals surface area contributed by atoms with Crippen LogP contribution in [0.4, 0.5) is 0 Å². The Balaban J connectivity index is 2.78. The summed E-state index contributed by atoms with van der Waals surface area (Å²) in [5, 5.41) is 19.7. The van der Waals surface area contributed by atoms with Crippen LogP contribution in [0.1, 0.15) is 38.2 Å². The van der Waals surface area contributed by atoms with E-state index in [4.69, 9.17) is 33.0 Å². The Kier molecular flexibility index (Phi) is 7.85. The standard InChI is InChI=1S/C15H17Cl2NO5/c1-2-11(18(21)22)9-10-6-7-12(15(17)14(10)16)23-8-4-3-5-13(19)20/h6-7,9H,2-5,8H2,1H3,(H,19,20). The minimum atomic E-state index is -0.847. The molecule has 0 fully saturated rings. The van der Waals surface area contributed by atoms with E-state index in [1.165, 1.54) is 6.08 Å². The first kappa shape index (κ1) is 19.3. The molecule has 0 spiro atoms. The van der Waals surface area contributed by atoms with Gasteiger partial charge in [0.2, 0.25) is 5.70 Å². The second kappa shape index (κ2) is 9.37. The SMILES string of the molecule is CCC(=Cc1ccc(OCCCCC(=O)O)c(Cl)c1Cl)[N+](=O)[O-]. The van der Waals surface area contributed by atoms with Gasteiger partial charge in [-0.1, -0.05) is 30.1 Å². The second-order valence-electron chi connectivity index (χ2n) is 4.73. The summed E-state index contributed by atoms with van der Waals surface area (Å²) in [6, 6.07) is 3.18. The smallest absolute Gasteiger partial charge is 0.303 e. The Hall–Kier alpha value is -1.79. The molecule has 0 bridgehead atoms. The van der Waals surface area contributed by atoms with E-state index in [1.807, 2.05) is 0 Å². The molecule has 0 aliphatic carbocycles. The van der Waals surface area contributed by atoms with Crippen LogP contribution in [0, 0.1) is 10.1 Å². The Morgan fingerprint density at radius 1 is 1.35 bits per heavy atom. The van der Waals surface area contributed by atoms with Crippen molar-refractivity contribution in [1.29, 1.82) is 0 Å². The maximum atomic E-state index is 10.8. The van der Waals surface area contributed by atoms with Gasteiger partial charge in [0.05, 0.1) is 16.6 Å². The third-order valence-corrected chi connectivity index (χ3v) is 3.92. The van der Waals surface area contributed by atoms with Gasteiger partial charge in [-0.15, -0.1) is 0 Å². The Morgan fingerprint density at radius 2 is 2.04 bits per heavy atom. The van der Waals surface area contributed by atoms with Crippen molar-refractivity contribution in [1.82, 2.24) is 0 Å². The summed E-state index contributed by atoms with van der Waals surface area (Å²) in [5.41, 5.74) is 0.480. The number of ether oxygens (including phenoxy) is 1. The molecule has 0 heterocycles. The number of rotatable bonds is 9. The molecular formula is C15H17Cl2NO5. The highest BCUT2D eigenvalue weighted by Crippen LogP contribution is 2.36. The van der Waals surface area contributed by atoms with Crippen molar-refractivity contribution >= 4 is 35.2 Å². The first-order valence-corrected chi connectivity index (χ1v) is 7.80. The number of unbranched alkanes of at least 4 members (excludes halogenated alkanes) is 1. The van der Waals surface area contributed by atoms with E-state index in [1.54, 1.807) is 19.1 Å². The van der Waals surface area contributed by atoms with Crippen molar-refractivity contribution < 1.29 is 19.6 Å². The van der Waals surface area contributed by atoms with Crippen LogP contribution in [0.5, 0.6) is 5.75 Å². The lowest BCUT2D eigenvalue weighted by Crippen LogP contribution is -2.01. The lowest BCUT2D eigenvalue weighted by atomic mass is 10.1. The Morgan fingerprint density at radius 3 is 2.61 bits per heavy atom. The van der Waals surface area contributed by atoms with E-state index in [0.717, 1.165) is 0 Å². The highest BCUT2D eigenvalue weighted by molar-refractivity contribution is 6.43. The van der Waals surface area contributed by atoms with Crippen LogP contribution >= 0.6 is 23.2 Å². The van der Waals surface area contributed by atoms with Crippen molar-refractivity contribution in [3.05, 3.63) is 43.6 Å². The normalized spacial score (nSPS) is 11.3. The quantitative estimate of drug-likeness (QED) is 0.392. The summed E-state index contributed by atoms with van der Waals surface area (Å²) in [4.78, 5) is 20.8. The molecule has 8 heteroatoms. The number of aliphatic carboxylic acids is 1. The molecule has 0 aromatic heterocycles. The first-order chi connectivity index (χ1) is 10.9. The maximum absolute atomic E-state index is 10.8.